The zero-order valence-electron chi connectivity index (χ0n) is 11.3. The molecule has 2 N–H and O–H groups in total. The molecule has 0 aromatic heterocycles. The van der Waals surface area contributed by atoms with E-state index in [2.05, 4.69) is 4.72 Å². The topological polar surface area (TPSA) is 86.7 Å². The number of carbonyl (C=O) groups is 1. The Morgan fingerprint density at radius 1 is 1.45 bits per heavy atom. The highest BCUT2D eigenvalue weighted by Gasteiger charge is 2.24. The van der Waals surface area contributed by atoms with Gasteiger partial charge in [-0.1, -0.05) is 0 Å². The summed E-state index contributed by atoms with van der Waals surface area (Å²) in [7, 11) is -3.56. The number of sulfonamides is 1. The minimum Gasteiger partial charge on any atom is -0.396 e. The fourth-order valence-electron chi connectivity index (χ4n) is 2.24. The van der Waals surface area contributed by atoms with Crippen molar-refractivity contribution in [1.29, 1.82) is 0 Å². The van der Waals surface area contributed by atoms with Gasteiger partial charge in [-0.2, -0.15) is 0 Å². The highest BCUT2D eigenvalue weighted by atomic mass is 32.2. The average molecular weight is 298 g/mol. The van der Waals surface area contributed by atoms with Crippen molar-refractivity contribution < 1.29 is 18.3 Å². The zero-order valence-corrected chi connectivity index (χ0v) is 12.1. The molecule has 1 aliphatic heterocycles. The number of fused-ring (bicyclic) bond motifs is 1. The molecule has 2 rings (SSSR count). The summed E-state index contributed by atoms with van der Waals surface area (Å²) in [6.45, 7) is 2.23. The molecule has 0 spiro atoms. The molecule has 6 nitrogen and oxygen atoms in total. The highest BCUT2D eigenvalue weighted by Crippen LogP contribution is 2.30. The number of hydrogen-bond donors (Lipinski definition) is 2. The summed E-state index contributed by atoms with van der Waals surface area (Å²) in [4.78, 5) is 13.3. The summed E-state index contributed by atoms with van der Waals surface area (Å²) in [5.41, 5.74) is 1.65. The second kappa shape index (κ2) is 5.90. The standard InChI is InChI=1S/C13H18N2O4S/c1-10(17)15-7-5-11-9-12(3-4-13(11)15)20(18,19)14-6-2-8-16/h3-4,9,14,16H,2,5-8H2,1H3. The molecule has 20 heavy (non-hydrogen) atoms. The first-order valence-electron chi connectivity index (χ1n) is 6.47. The van der Waals surface area contributed by atoms with Crippen LogP contribution in [0.15, 0.2) is 23.1 Å². The smallest absolute Gasteiger partial charge is 0.240 e. The molecule has 0 bridgehead atoms. The van der Waals surface area contributed by atoms with Gasteiger partial charge in [-0.15, -0.1) is 0 Å². The van der Waals surface area contributed by atoms with E-state index in [-0.39, 0.29) is 24.0 Å². The molecule has 0 aliphatic carbocycles. The molecule has 0 fully saturated rings. The number of nitrogens with zero attached hydrogens (tertiary/aromatic N) is 1. The lowest BCUT2D eigenvalue weighted by Gasteiger charge is -2.15. The van der Waals surface area contributed by atoms with E-state index < -0.39 is 10.0 Å². The van der Waals surface area contributed by atoms with Crippen LogP contribution < -0.4 is 9.62 Å². The molecule has 0 saturated carbocycles. The quantitative estimate of drug-likeness (QED) is 0.763. The van der Waals surface area contributed by atoms with Crippen LogP contribution in [0.3, 0.4) is 0 Å². The first kappa shape index (κ1) is 15.0. The molecule has 1 aromatic carbocycles. The van der Waals surface area contributed by atoms with Crippen molar-refractivity contribution in [3.63, 3.8) is 0 Å². The van der Waals surface area contributed by atoms with Gasteiger partial charge in [0.1, 0.15) is 0 Å². The lowest BCUT2D eigenvalue weighted by atomic mass is 10.2. The molecular formula is C13H18N2O4S. The van der Waals surface area contributed by atoms with E-state index in [1.807, 2.05) is 0 Å². The predicted octanol–water partition coefficient (Wildman–Crippen LogP) is 0.256. The van der Waals surface area contributed by atoms with Crippen LogP contribution in [-0.4, -0.2) is 39.1 Å². The fraction of sp³-hybridized carbons (Fsp3) is 0.462. The van der Waals surface area contributed by atoms with Crippen molar-refractivity contribution in [3.8, 4) is 0 Å². The summed E-state index contributed by atoms with van der Waals surface area (Å²) in [6, 6.07) is 4.78. The Balaban J connectivity index is 2.22. The third-order valence-electron chi connectivity index (χ3n) is 3.26. The molecule has 0 atom stereocenters. The van der Waals surface area contributed by atoms with Crippen LogP contribution in [-0.2, 0) is 21.2 Å². The second-order valence-electron chi connectivity index (χ2n) is 4.69. The first-order chi connectivity index (χ1) is 9.45. The average Bonchev–Trinajstić information content (AvgIpc) is 2.81. The molecule has 110 valence electrons. The number of anilines is 1. The minimum absolute atomic E-state index is 0.0413. The molecule has 1 aromatic rings. The molecule has 0 saturated heterocycles. The fourth-order valence-corrected chi connectivity index (χ4v) is 3.37. The Bertz CT molecular complexity index is 613. The van der Waals surface area contributed by atoms with Gasteiger partial charge in [0.15, 0.2) is 0 Å². The van der Waals surface area contributed by atoms with Crippen LogP contribution in [0.2, 0.25) is 0 Å². The van der Waals surface area contributed by atoms with Gasteiger partial charge in [0.2, 0.25) is 15.9 Å². The van der Waals surface area contributed by atoms with Crippen LogP contribution in [0.25, 0.3) is 0 Å². The summed E-state index contributed by atoms with van der Waals surface area (Å²) < 4.78 is 26.5. The highest BCUT2D eigenvalue weighted by molar-refractivity contribution is 7.89. The molecular weight excluding hydrogens is 280 g/mol. The van der Waals surface area contributed by atoms with Gasteiger partial charge in [-0.25, -0.2) is 13.1 Å². The van der Waals surface area contributed by atoms with E-state index in [0.29, 0.717) is 19.4 Å². The Labute approximate surface area is 118 Å². The number of amides is 1. The van der Waals surface area contributed by atoms with Crippen LogP contribution >= 0.6 is 0 Å². The van der Waals surface area contributed by atoms with Gasteiger partial charge in [0, 0.05) is 32.3 Å². The molecule has 1 heterocycles. The van der Waals surface area contributed by atoms with Crippen molar-refractivity contribution >= 4 is 21.6 Å². The lowest BCUT2D eigenvalue weighted by molar-refractivity contribution is -0.116. The molecule has 1 aliphatic rings. The second-order valence-corrected chi connectivity index (χ2v) is 6.45. The van der Waals surface area contributed by atoms with Gasteiger partial charge in [0.05, 0.1) is 4.90 Å². The monoisotopic (exact) mass is 298 g/mol. The summed E-state index contributed by atoms with van der Waals surface area (Å²) in [5.74, 6) is -0.0413. The van der Waals surface area contributed by atoms with E-state index in [1.54, 1.807) is 17.0 Å². The third kappa shape index (κ3) is 3.00. The van der Waals surface area contributed by atoms with E-state index in [1.165, 1.54) is 13.0 Å². The van der Waals surface area contributed by atoms with E-state index in [9.17, 15) is 13.2 Å². The van der Waals surface area contributed by atoms with E-state index >= 15 is 0 Å². The molecule has 1 amide bonds. The summed E-state index contributed by atoms with van der Waals surface area (Å²) in [5, 5.41) is 8.67. The molecule has 0 unspecified atom stereocenters. The number of rotatable bonds is 5. The summed E-state index contributed by atoms with van der Waals surface area (Å²) >= 11 is 0. The number of hydrogen-bond acceptors (Lipinski definition) is 4. The van der Waals surface area contributed by atoms with Crippen LogP contribution in [0.1, 0.15) is 18.9 Å². The number of carbonyl (C=O) groups excluding carboxylic acids is 1. The van der Waals surface area contributed by atoms with Gasteiger partial charge in [0.25, 0.3) is 0 Å². The maximum Gasteiger partial charge on any atom is 0.240 e. The Morgan fingerprint density at radius 2 is 2.20 bits per heavy atom. The van der Waals surface area contributed by atoms with Crippen LogP contribution in [0, 0.1) is 0 Å². The third-order valence-corrected chi connectivity index (χ3v) is 4.72. The number of aliphatic hydroxyl groups excluding tert-OH is 1. The number of benzene rings is 1. The molecule has 7 heteroatoms. The Hall–Kier alpha value is -1.44. The van der Waals surface area contributed by atoms with Crippen molar-refractivity contribution in [1.82, 2.24) is 4.72 Å². The van der Waals surface area contributed by atoms with Gasteiger partial charge in [-0.3, -0.25) is 4.79 Å². The van der Waals surface area contributed by atoms with Gasteiger partial charge in [-0.05, 0) is 36.6 Å². The first-order valence-corrected chi connectivity index (χ1v) is 7.95. The minimum atomic E-state index is -3.56. The largest absolute Gasteiger partial charge is 0.396 e. The Morgan fingerprint density at radius 3 is 2.85 bits per heavy atom. The van der Waals surface area contributed by atoms with E-state index in [0.717, 1.165) is 11.3 Å². The zero-order chi connectivity index (χ0) is 14.8. The van der Waals surface area contributed by atoms with Crippen molar-refractivity contribution in [2.24, 2.45) is 0 Å². The van der Waals surface area contributed by atoms with Crippen molar-refractivity contribution in [2.75, 3.05) is 24.6 Å². The lowest BCUT2D eigenvalue weighted by Crippen LogP contribution is -2.26. The SMILES string of the molecule is CC(=O)N1CCc2cc(S(=O)(=O)NCCCO)ccc21. The van der Waals surface area contributed by atoms with Gasteiger partial charge >= 0.3 is 0 Å². The number of nitrogens with one attached hydrogen (secondary N) is 1. The molecule has 0 radical (unpaired) electrons. The normalized spacial score (nSPS) is 14.4. The summed E-state index contributed by atoms with van der Waals surface area (Å²) in [6.07, 6.45) is 1.04. The van der Waals surface area contributed by atoms with Crippen LogP contribution in [0.5, 0.6) is 0 Å². The maximum atomic E-state index is 12.0. The maximum absolute atomic E-state index is 12.0. The predicted molar refractivity (Wildman–Crippen MR) is 75.1 cm³/mol. The number of aliphatic hydroxyl groups is 1. The van der Waals surface area contributed by atoms with Crippen LogP contribution in [0.4, 0.5) is 5.69 Å². The van der Waals surface area contributed by atoms with Crippen molar-refractivity contribution in [3.05, 3.63) is 23.8 Å². The van der Waals surface area contributed by atoms with E-state index in [4.69, 9.17) is 5.11 Å². The Kier molecular flexibility index (Phi) is 4.42. The van der Waals surface area contributed by atoms with Crippen molar-refractivity contribution in [2.45, 2.75) is 24.7 Å². The van der Waals surface area contributed by atoms with Gasteiger partial charge < -0.3 is 10.0 Å².